The Kier molecular flexibility index (Phi) is 6.62. The van der Waals surface area contributed by atoms with E-state index in [-0.39, 0.29) is 12.0 Å². The Morgan fingerprint density at radius 3 is 2.61 bits per heavy atom. The molecule has 0 aliphatic carbocycles. The Morgan fingerprint density at radius 1 is 1.10 bits per heavy atom. The first kappa shape index (κ1) is 21.4. The standard InChI is InChI=1S/C25H28ClN3O2/c1-3-4-5-6-9-16-31-24(30)22-17(2)27-25-28-20-10-7-8-11-21(20)29(25)23(22)18-12-14-19(26)15-13-18/h7-8,10-15,23H,3-6,9,16H2,1-2H3,(H,27,28)/t23-/m0/s1. The van der Waals surface area contributed by atoms with Crippen molar-refractivity contribution in [2.24, 2.45) is 0 Å². The lowest BCUT2D eigenvalue weighted by atomic mass is 9.95. The smallest absolute Gasteiger partial charge is 0.338 e. The van der Waals surface area contributed by atoms with E-state index in [2.05, 4.69) is 16.8 Å². The van der Waals surface area contributed by atoms with E-state index in [1.165, 1.54) is 19.3 Å². The van der Waals surface area contributed by atoms with Crippen LogP contribution in [0.1, 0.15) is 57.6 Å². The molecule has 5 nitrogen and oxygen atoms in total. The zero-order valence-corrected chi connectivity index (χ0v) is 18.8. The fourth-order valence-corrected chi connectivity index (χ4v) is 4.26. The Hall–Kier alpha value is -2.79. The molecule has 1 aliphatic heterocycles. The quantitative estimate of drug-likeness (QED) is 0.323. The summed E-state index contributed by atoms with van der Waals surface area (Å²) in [6, 6.07) is 15.2. The first-order valence-corrected chi connectivity index (χ1v) is 11.3. The molecule has 2 heterocycles. The van der Waals surface area contributed by atoms with Crippen molar-refractivity contribution in [3.8, 4) is 0 Å². The summed E-state index contributed by atoms with van der Waals surface area (Å²) in [6.45, 7) is 4.53. The minimum atomic E-state index is -0.339. The number of anilines is 1. The van der Waals surface area contributed by atoms with E-state index in [1.807, 2.05) is 55.5 Å². The number of carbonyl (C=O) groups excluding carboxylic acids is 1. The zero-order chi connectivity index (χ0) is 21.8. The summed E-state index contributed by atoms with van der Waals surface area (Å²) < 4.78 is 7.79. The summed E-state index contributed by atoms with van der Waals surface area (Å²) in [6.07, 6.45) is 5.55. The van der Waals surface area contributed by atoms with Gasteiger partial charge in [0.05, 0.1) is 29.3 Å². The topological polar surface area (TPSA) is 56.1 Å². The van der Waals surface area contributed by atoms with Gasteiger partial charge >= 0.3 is 5.97 Å². The lowest BCUT2D eigenvalue weighted by Gasteiger charge is -2.30. The zero-order valence-electron chi connectivity index (χ0n) is 18.0. The van der Waals surface area contributed by atoms with E-state index >= 15 is 0 Å². The molecule has 1 aliphatic rings. The maximum absolute atomic E-state index is 13.2. The van der Waals surface area contributed by atoms with Crippen molar-refractivity contribution >= 4 is 34.6 Å². The number of rotatable bonds is 8. The first-order valence-electron chi connectivity index (χ1n) is 11.0. The van der Waals surface area contributed by atoms with Gasteiger partial charge in [0.2, 0.25) is 5.95 Å². The Balaban J connectivity index is 1.67. The molecule has 4 rings (SSSR count). The number of allylic oxidation sites excluding steroid dienone is 1. The molecule has 0 saturated heterocycles. The van der Waals surface area contributed by atoms with Crippen LogP contribution in [0.3, 0.4) is 0 Å². The highest BCUT2D eigenvalue weighted by molar-refractivity contribution is 6.30. The van der Waals surface area contributed by atoms with Crippen molar-refractivity contribution in [2.45, 2.75) is 52.0 Å². The van der Waals surface area contributed by atoms with Crippen molar-refractivity contribution in [1.29, 1.82) is 0 Å². The molecule has 1 N–H and O–H groups in total. The molecular formula is C25H28ClN3O2. The number of hydrogen-bond acceptors (Lipinski definition) is 4. The van der Waals surface area contributed by atoms with E-state index in [0.29, 0.717) is 17.2 Å². The second kappa shape index (κ2) is 9.56. The van der Waals surface area contributed by atoms with Crippen LogP contribution in [-0.4, -0.2) is 22.1 Å². The molecule has 2 aromatic carbocycles. The summed E-state index contributed by atoms with van der Waals surface area (Å²) >= 11 is 6.14. The van der Waals surface area contributed by atoms with Crippen LogP contribution in [0.25, 0.3) is 11.0 Å². The fourth-order valence-electron chi connectivity index (χ4n) is 4.14. The van der Waals surface area contributed by atoms with Crippen molar-refractivity contribution < 1.29 is 9.53 Å². The molecule has 162 valence electrons. The highest BCUT2D eigenvalue weighted by atomic mass is 35.5. The number of nitrogens with one attached hydrogen (secondary N) is 1. The highest BCUT2D eigenvalue weighted by Crippen LogP contribution is 2.39. The Labute approximate surface area is 188 Å². The molecular weight excluding hydrogens is 410 g/mol. The lowest BCUT2D eigenvalue weighted by Crippen LogP contribution is -2.29. The van der Waals surface area contributed by atoms with Gasteiger partial charge in [0.1, 0.15) is 0 Å². The number of halogens is 1. The monoisotopic (exact) mass is 437 g/mol. The number of aromatic nitrogens is 2. The van der Waals surface area contributed by atoms with Crippen LogP contribution in [-0.2, 0) is 9.53 Å². The molecule has 0 saturated carbocycles. The van der Waals surface area contributed by atoms with E-state index in [9.17, 15) is 4.79 Å². The van der Waals surface area contributed by atoms with Crippen LogP contribution in [0.4, 0.5) is 5.95 Å². The van der Waals surface area contributed by atoms with Crippen LogP contribution in [0.5, 0.6) is 0 Å². The number of para-hydroxylation sites is 2. The second-order valence-electron chi connectivity index (χ2n) is 7.96. The molecule has 0 amide bonds. The normalized spacial score (nSPS) is 15.6. The summed E-state index contributed by atoms with van der Waals surface area (Å²) in [7, 11) is 0. The third-order valence-corrected chi connectivity index (χ3v) is 5.97. The number of esters is 1. The minimum absolute atomic E-state index is 0.288. The fraction of sp³-hybridized carbons (Fsp3) is 0.360. The third kappa shape index (κ3) is 4.47. The average molecular weight is 438 g/mol. The number of unbranched alkanes of at least 4 members (excludes halogenated alkanes) is 4. The maximum Gasteiger partial charge on any atom is 0.338 e. The molecule has 0 bridgehead atoms. The second-order valence-corrected chi connectivity index (χ2v) is 8.40. The number of fused-ring (bicyclic) bond motifs is 3. The Morgan fingerprint density at radius 2 is 1.84 bits per heavy atom. The Bertz CT molecular complexity index is 1100. The molecule has 6 heteroatoms. The third-order valence-electron chi connectivity index (χ3n) is 5.72. The molecule has 3 aromatic rings. The van der Waals surface area contributed by atoms with Gasteiger partial charge in [-0.05, 0) is 43.2 Å². The average Bonchev–Trinajstić information content (AvgIpc) is 3.13. The van der Waals surface area contributed by atoms with Gasteiger partial charge in [-0.1, -0.05) is 68.5 Å². The predicted molar refractivity (Wildman–Crippen MR) is 125 cm³/mol. The van der Waals surface area contributed by atoms with Gasteiger partial charge in [0, 0.05) is 10.7 Å². The van der Waals surface area contributed by atoms with Gasteiger partial charge in [-0.3, -0.25) is 4.57 Å². The van der Waals surface area contributed by atoms with E-state index < -0.39 is 0 Å². The predicted octanol–water partition coefficient (Wildman–Crippen LogP) is 6.49. The number of carbonyl (C=O) groups is 1. The van der Waals surface area contributed by atoms with Gasteiger partial charge in [0.25, 0.3) is 0 Å². The van der Waals surface area contributed by atoms with Crippen LogP contribution < -0.4 is 5.32 Å². The van der Waals surface area contributed by atoms with Crippen LogP contribution >= 0.6 is 11.6 Å². The molecule has 0 fully saturated rings. The minimum Gasteiger partial charge on any atom is -0.462 e. The molecule has 0 spiro atoms. The lowest BCUT2D eigenvalue weighted by molar-refractivity contribution is -0.139. The number of imidazole rings is 1. The van der Waals surface area contributed by atoms with Crippen molar-refractivity contribution in [3.05, 3.63) is 70.4 Å². The molecule has 0 radical (unpaired) electrons. The van der Waals surface area contributed by atoms with E-state index in [1.54, 1.807) is 0 Å². The number of benzene rings is 2. The number of hydrogen-bond donors (Lipinski definition) is 1. The van der Waals surface area contributed by atoms with Crippen molar-refractivity contribution in [2.75, 3.05) is 11.9 Å². The maximum atomic E-state index is 13.2. The van der Waals surface area contributed by atoms with Crippen LogP contribution in [0.2, 0.25) is 5.02 Å². The van der Waals surface area contributed by atoms with Crippen LogP contribution in [0.15, 0.2) is 59.8 Å². The highest BCUT2D eigenvalue weighted by Gasteiger charge is 2.34. The van der Waals surface area contributed by atoms with Gasteiger partial charge < -0.3 is 10.1 Å². The first-order chi connectivity index (χ1) is 15.1. The van der Waals surface area contributed by atoms with E-state index in [0.717, 1.165) is 41.1 Å². The summed E-state index contributed by atoms with van der Waals surface area (Å²) in [4.78, 5) is 18.0. The van der Waals surface area contributed by atoms with Gasteiger partial charge in [-0.15, -0.1) is 0 Å². The number of nitrogens with zero attached hydrogens (tertiary/aromatic N) is 2. The SMILES string of the molecule is CCCCCCCOC(=O)C1=C(C)Nc2nc3ccccc3n2[C@H]1c1ccc(Cl)cc1. The van der Waals surface area contributed by atoms with Crippen molar-refractivity contribution in [3.63, 3.8) is 0 Å². The molecule has 1 aromatic heterocycles. The summed E-state index contributed by atoms with van der Waals surface area (Å²) in [5, 5.41) is 3.97. The van der Waals surface area contributed by atoms with Gasteiger partial charge in [-0.2, -0.15) is 0 Å². The number of ether oxygens (including phenoxy) is 1. The summed E-state index contributed by atoms with van der Waals surface area (Å²) in [5.41, 5.74) is 4.17. The molecule has 1 atom stereocenters. The molecule has 31 heavy (non-hydrogen) atoms. The van der Waals surface area contributed by atoms with Crippen molar-refractivity contribution in [1.82, 2.24) is 9.55 Å². The molecule has 0 unspecified atom stereocenters. The van der Waals surface area contributed by atoms with E-state index in [4.69, 9.17) is 21.3 Å². The van der Waals surface area contributed by atoms with Gasteiger partial charge in [-0.25, -0.2) is 9.78 Å². The summed E-state index contributed by atoms with van der Waals surface area (Å²) in [5.74, 6) is 0.429. The van der Waals surface area contributed by atoms with Gasteiger partial charge in [0.15, 0.2) is 0 Å². The largest absolute Gasteiger partial charge is 0.462 e. The van der Waals surface area contributed by atoms with Crippen LogP contribution in [0, 0.1) is 0 Å².